The number of rotatable bonds is 5. The van der Waals surface area contributed by atoms with Gasteiger partial charge in [-0.2, -0.15) is 5.26 Å². The van der Waals surface area contributed by atoms with Crippen molar-refractivity contribution >= 4 is 44.9 Å². The maximum absolute atomic E-state index is 13.6. The molecule has 1 aliphatic carbocycles. The van der Waals surface area contributed by atoms with Crippen LogP contribution in [0.25, 0.3) is 22.3 Å². The Bertz CT molecular complexity index is 1860. The maximum atomic E-state index is 13.6. The highest BCUT2D eigenvalue weighted by Crippen LogP contribution is 2.46. The van der Waals surface area contributed by atoms with Crippen LogP contribution < -0.4 is 9.80 Å². The highest BCUT2D eigenvalue weighted by molar-refractivity contribution is 7.16. The molecule has 1 amide bonds. The van der Waals surface area contributed by atoms with E-state index >= 15 is 0 Å². The van der Waals surface area contributed by atoms with Gasteiger partial charge in [0.15, 0.2) is 5.13 Å². The second-order valence-electron chi connectivity index (χ2n) is 12.8. The third kappa shape index (κ3) is 4.49. The molecule has 2 aliphatic heterocycles. The number of carbonyl (C=O) groups excluding carboxylic acids is 1. The van der Waals surface area contributed by atoms with E-state index in [0.29, 0.717) is 63.9 Å². The summed E-state index contributed by atoms with van der Waals surface area (Å²) in [5.74, 6) is 0.201. The normalized spacial score (nSPS) is 18.6. The smallest absolute Gasteiger partial charge is 0.253 e. The van der Waals surface area contributed by atoms with Crippen molar-refractivity contribution in [1.82, 2.24) is 19.9 Å². The molecule has 3 aromatic heterocycles. The van der Waals surface area contributed by atoms with Crippen molar-refractivity contribution in [2.75, 3.05) is 43.0 Å². The molecule has 226 valence electrons. The number of hydrogen-bond donors (Lipinski definition) is 2. The van der Waals surface area contributed by atoms with Gasteiger partial charge in [-0.1, -0.05) is 11.3 Å². The van der Waals surface area contributed by atoms with Gasteiger partial charge in [0.05, 0.1) is 23.0 Å². The van der Waals surface area contributed by atoms with Crippen molar-refractivity contribution in [3.05, 3.63) is 57.8 Å². The molecule has 2 saturated heterocycles. The molecule has 0 radical (unpaired) electrons. The Labute approximate surface area is 258 Å². The maximum Gasteiger partial charge on any atom is 0.253 e. The number of hydrogen-bond acceptors (Lipinski definition) is 10. The van der Waals surface area contributed by atoms with Gasteiger partial charge in [0, 0.05) is 49.8 Å². The zero-order valence-electron chi connectivity index (χ0n) is 24.9. The molecule has 2 N–H and O–H groups in total. The zero-order chi connectivity index (χ0) is 31.1. The number of nitriles is 1. The van der Waals surface area contributed by atoms with Crippen molar-refractivity contribution in [3.63, 3.8) is 0 Å². The molecule has 1 atom stereocenters. The van der Waals surface area contributed by atoms with Crippen LogP contribution in [0.4, 0.5) is 21.0 Å². The highest BCUT2D eigenvalue weighted by Gasteiger charge is 2.55. The Hall–Kier alpha value is -4.18. The van der Waals surface area contributed by atoms with Gasteiger partial charge in [0.2, 0.25) is 0 Å². The minimum Gasteiger partial charge on any atom is -0.387 e. The fraction of sp³-hybridized carbons (Fsp3) is 0.406. The van der Waals surface area contributed by atoms with Crippen LogP contribution in [0.2, 0.25) is 0 Å². The summed E-state index contributed by atoms with van der Waals surface area (Å²) in [5.41, 5.74) is 4.44. The fourth-order valence-corrected chi connectivity index (χ4v) is 7.57. The number of amides is 1. The Morgan fingerprint density at radius 1 is 1.16 bits per heavy atom. The molecule has 0 bridgehead atoms. The van der Waals surface area contributed by atoms with Gasteiger partial charge in [-0.15, -0.1) is 0 Å². The topological polar surface area (TPSA) is 130 Å². The van der Waals surface area contributed by atoms with Crippen molar-refractivity contribution in [2.45, 2.75) is 45.3 Å². The van der Waals surface area contributed by atoms with Crippen molar-refractivity contribution in [1.29, 1.82) is 5.26 Å². The minimum absolute atomic E-state index is 0.00327. The van der Waals surface area contributed by atoms with E-state index in [4.69, 9.17) is 15.0 Å². The molecule has 1 spiro atoms. The lowest BCUT2D eigenvalue weighted by atomic mass is 9.72. The summed E-state index contributed by atoms with van der Waals surface area (Å²) in [5, 5.41) is 31.4. The summed E-state index contributed by atoms with van der Waals surface area (Å²) in [4.78, 5) is 33.6. The van der Waals surface area contributed by atoms with E-state index in [1.54, 1.807) is 17.0 Å². The predicted octanol–water partition coefficient (Wildman–Crippen LogP) is 4.24. The van der Waals surface area contributed by atoms with E-state index in [1.165, 1.54) is 37.3 Å². The van der Waals surface area contributed by atoms with Crippen LogP contribution in [-0.4, -0.2) is 74.8 Å². The average Bonchev–Trinajstić information content (AvgIpc) is 3.54. The standard InChI is InChI=1S/C32H32FN7O3S/c1-17-11-23(39-13-32(14-39)15-40(16-32)29(42)31(2,3)43)35-27-24(17)36-26-20(9-10-21(26)41)28(27)38(4)30-37-25(22(12-34)44-30)18-5-7-19(33)8-6-18/h5-8,11,21,41,43H,9-10,13-16H2,1-4H3/t21-/m1/s1. The van der Waals surface area contributed by atoms with Crippen LogP contribution in [0.3, 0.4) is 0 Å². The van der Waals surface area contributed by atoms with E-state index in [2.05, 4.69) is 11.0 Å². The number of aliphatic hydroxyl groups is 2. The van der Waals surface area contributed by atoms with E-state index in [0.717, 1.165) is 35.7 Å². The first-order valence-electron chi connectivity index (χ1n) is 14.6. The van der Waals surface area contributed by atoms with Crippen LogP contribution in [-0.2, 0) is 11.2 Å². The first-order chi connectivity index (χ1) is 20.9. The quantitative estimate of drug-likeness (QED) is 0.340. The molecule has 3 aliphatic rings. The number of halogens is 1. The molecule has 0 unspecified atom stereocenters. The first kappa shape index (κ1) is 28.6. The number of carbonyl (C=O) groups is 1. The predicted molar refractivity (Wildman–Crippen MR) is 165 cm³/mol. The third-order valence-electron chi connectivity index (χ3n) is 8.90. The number of thiazole rings is 1. The summed E-state index contributed by atoms with van der Waals surface area (Å²) < 4.78 is 13.6. The Kier molecular flexibility index (Phi) is 6.44. The summed E-state index contributed by atoms with van der Waals surface area (Å²) in [7, 11) is 1.89. The number of fused-ring (bicyclic) bond motifs is 2. The molecule has 0 saturated carbocycles. The summed E-state index contributed by atoms with van der Waals surface area (Å²) >= 11 is 1.25. The molecule has 4 aromatic rings. The van der Waals surface area contributed by atoms with E-state index < -0.39 is 11.7 Å². The summed E-state index contributed by atoms with van der Waals surface area (Å²) in [6, 6.07) is 10.2. The largest absolute Gasteiger partial charge is 0.387 e. The number of aryl methyl sites for hydroxylation is 1. The van der Waals surface area contributed by atoms with Gasteiger partial charge in [-0.25, -0.2) is 19.3 Å². The molecule has 10 nitrogen and oxygen atoms in total. The monoisotopic (exact) mass is 613 g/mol. The SMILES string of the molecule is Cc1cc(N2CC3(CN(C(=O)C(C)(C)O)C3)C2)nc2c(N(C)c3nc(-c4ccc(F)cc4)c(C#N)s3)c3c(nc12)[C@H](O)CC3. The van der Waals surface area contributed by atoms with Gasteiger partial charge in [0.25, 0.3) is 5.91 Å². The molecular formula is C32H32FN7O3S. The van der Waals surface area contributed by atoms with E-state index in [-0.39, 0.29) is 17.1 Å². The molecule has 7 rings (SSSR count). The highest BCUT2D eigenvalue weighted by atomic mass is 32.1. The van der Waals surface area contributed by atoms with Crippen molar-refractivity contribution < 1.29 is 19.4 Å². The molecule has 1 aromatic carbocycles. The molecule has 2 fully saturated rings. The number of likely N-dealkylation sites (tertiary alicyclic amines) is 1. The second-order valence-corrected chi connectivity index (χ2v) is 13.8. The lowest BCUT2D eigenvalue weighted by molar-refractivity contribution is -0.162. The minimum atomic E-state index is -1.38. The van der Waals surface area contributed by atoms with Crippen molar-refractivity contribution in [3.8, 4) is 17.3 Å². The van der Waals surface area contributed by atoms with Crippen LogP contribution in [0, 0.1) is 29.5 Å². The number of aliphatic hydroxyl groups excluding tert-OH is 1. The molecule has 44 heavy (non-hydrogen) atoms. The van der Waals surface area contributed by atoms with Crippen LogP contribution >= 0.6 is 11.3 Å². The lowest BCUT2D eigenvalue weighted by Gasteiger charge is -2.61. The van der Waals surface area contributed by atoms with Gasteiger partial charge in [-0.3, -0.25) is 4.79 Å². The fourth-order valence-electron chi connectivity index (χ4n) is 6.72. The number of pyridine rings is 2. The van der Waals surface area contributed by atoms with Gasteiger partial charge in [-0.05, 0) is 69.5 Å². The first-order valence-corrected chi connectivity index (χ1v) is 15.4. The van der Waals surface area contributed by atoms with Gasteiger partial charge < -0.3 is 24.9 Å². The molecule has 12 heteroatoms. The average molecular weight is 614 g/mol. The summed E-state index contributed by atoms with van der Waals surface area (Å²) in [6.45, 7) is 7.76. The lowest BCUT2D eigenvalue weighted by Crippen LogP contribution is -2.74. The molecular weight excluding hydrogens is 581 g/mol. The van der Waals surface area contributed by atoms with E-state index in [9.17, 15) is 24.7 Å². The number of anilines is 3. The van der Waals surface area contributed by atoms with E-state index in [1.807, 2.05) is 24.9 Å². The second kappa shape index (κ2) is 9.92. The Morgan fingerprint density at radius 3 is 2.52 bits per heavy atom. The Balaban J connectivity index is 1.25. The van der Waals surface area contributed by atoms with Crippen molar-refractivity contribution in [2.24, 2.45) is 5.41 Å². The van der Waals surface area contributed by atoms with Gasteiger partial charge in [0.1, 0.15) is 39.4 Å². The number of aromatic nitrogens is 3. The van der Waals surface area contributed by atoms with Crippen LogP contribution in [0.15, 0.2) is 30.3 Å². The zero-order valence-corrected chi connectivity index (χ0v) is 25.7. The van der Waals surface area contributed by atoms with Crippen LogP contribution in [0.5, 0.6) is 0 Å². The number of benzene rings is 1. The van der Waals surface area contributed by atoms with Gasteiger partial charge >= 0.3 is 0 Å². The number of nitrogens with zero attached hydrogens (tertiary/aromatic N) is 7. The van der Waals surface area contributed by atoms with Crippen LogP contribution in [0.1, 0.15) is 48.1 Å². The third-order valence-corrected chi connectivity index (χ3v) is 9.94. The Morgan fingerprint density at radius 2 is 1.86 bits per heavy atom. The summed E-state index contributed by atoms with van der Waals surface area (Å²) in [6.07, 6.45) is 0.510. The molecule has 5 heterocycles.